The Morgan fingerprint density at radius 2 is 1.82 bits per heavy atom. The van der Waals surface area contributed by atoms with Crippen LogP contribution in [0.25, 0.3) is 0 Å². The number of ether oxygens (including phenoxy) is 2. The maximum atomic E-state index is 5.80. The minimum atomic E-state index is 0.743. The van der Waals surface area contributed by atoms with Crippen molar-refractivity contribution in [2.24, 2.45) is 0 Å². The second kappa shape index (κ2) is 8.81. The molecule has 2 rings (SSSR count). The monoisotopic (exact) mass is 363 g/mol. The highest BCUT2D eigenvalue weighted by atomic mass is 79.9. The standard InChI is InChI=1S/C18H22BrNO2/c1-3-10-22-18-9-6-16(19)11-15(18)13-20-12-14-4-7-17(21-2)8-5-14/h4-9,11,20H,3,10,12-13H2,1-2H3. The molecule has 0 aromatic heterocycles. The van der Waals surface area contributed by atoms with Gasteiger partial charge in [-0.1, -0.05) is 35.0 Å². The number of benzene rings is 2. The fraction of sp³-hybridized carbons (Fsp3) is 0.333. The van der Waals surface area contributed by atoms with E-state index >= 15 is 0 Å². The van der Waals surface area contributed by atoms with Gasteiger partial charge in [0.15, 0.2) is 0 Å². The lowest BCUT2D eigenvalue weighted by Gasteiger charge is -2.12. The van der Waals surface area contributed by atoms with E-state index < -0.39 is 0 Å². The van der Waals surface area contributed by atoms with Crippen LogP contribution in [0.3, 0.4) is 0 Å². The van der Waals surface area contributed by atoms with E-state index in [1.54, 1.807) is 7.11 Å². The number of halogens is 1. The number of nitrogens with one attached hydrogen (secondary N) is 1. The van der Waals surface area contributed by atoms with Crippen LogP contribution in [0.5, 0.6) is 11.5 Å². The Morgan fingerprint density at radius 1 is 1.05 bits per heavy atom. The van der Waals surface area contributed by atoms with Gasteiger partial charge >= 0.3 is 0 Å². The average Bonchev–Trinajstić information content (AvgIpc) is 2.55. The quantitative estimate of drug-likeness (QED) is 0.746. The summed E-state index contributed by atoms with van der Waals surface area (Å²) < 4.78 is 12.0. The fourth-order valence-corrected chi connectivity index (χ4v) is 2.53. The number of methoxy groups -OCH3 is 1. The van der Waals surface area contributed by atoms with E-state index in [0.29, 0.717) is 0 Å². The van der Waals surface area contributed by atoms with E-state index in [2.05, 4.69) is 46.4 Å². The van der Waals surface area contributed by atoms with E-state index in [0.717, 1.165) is 47.7 Å². The molecule has 0 aliphatic heterocycles. The lowest BCUT2D eigenvalue weighted by Crippen LogP contribution is -2.13. The van der Waals surface area contributed by atoms with Crippen molar-refractivity contribution in [3.63, 3.8) is 0 Å². The summed E-state index contributed by atoms with van der Waals surface area (Å²) in [5.41, 5.74) is 2.39. The number of hydrogen-bond acceptors (Lipinski definition) is 3. The molecule has 0 unspecified atom stereocenters. The molecule has 0 amide bonds. The second-order valence-electron chi connectivity index (χ2n) is 5.05. The summed E-state index contributed by atoms with van der Waals surface area (Å²) in [6, 6.07) is 14.2. The van der Waals surface area contributed by atoms with Crippen molar-refractivity contribution < 1.29 is 9.47 Å². The third-order valence-electron chi connectivity index (χ3n) is 3.29. The Hall–Kier alpha value is -1.52. The van der Waals surface area contributed by atoms with Crippen LogP contribution in [0.1, 0.15) is 24.5 Å². The van der Waals surface area contributed by atoms with Gasteiger partial charge in [-0.05, 0) is 42.3 Å². The molecule has 2 aromatic carbocycles. The molecule has 0 aliphatic carbocycles. The summed E-state index contributed by atoms with van der Waals surface area (Å²) in [4.78, 5) is 0. The summed E-state index contributed by atoms with van der Waals surface area (Å²) in [5.74, 6) is 1.83. The normalized spacial score (nSPS) is 10.5. The SMILES string of the molecule is CCCOc1ccc(Br)cc1CNCc1ccc(OC)cc1. The van der Waals surface area contributed by atoms with E-state index in [1.165, 1.54) is 5.56 Å². The largest absolute Gasteiger partial charge is 0.497 e. The lowest BCUT2D eigenvalue weighted by atomic mass is 10.2. The van der Waals surface area contributed by atoms with Crippen LogP contribution in [0.2, 0.25) is 0 Å². The van der Waals surface area contributed by atoms with Crippen LogP contribution >= 0.6 is 15.9 Å². The molecule has 0 fully saturated rings. The van der Waals surface area contributed by atoms with Gasteiger partial charge in [0, 0.05) is 23.1 Å². The summed E-state index contributed by atoms with van der Waals surface area (Å²) in [5, 5.41) is 3.46. The zero-order chi connectivity index (χ0) is 15.8. The molecule has 22 heavy (non-hydrogen) atoms. The van der Waals surface area contributed by atoms with E-state index in [4.69, 9.17) is 9.47 Å². The summed E-state index contributed by atoms with van der Waals surface area (Å²) in [6.07, 6.45) is 1.01. The number of rotatable bonds is 8. The van der Waals surface area contributed by atoms with Crippen molar-refractivity contribution in [3.05, 3.63) is 58.1 Å². The molecule has 0 aliphatic rings. The molecule has 118 valence electrons. The first-order valence-electron chi connectivity index (χ1n) is 7.47. The van der Waals surface area contributed by atoms with E-state index in [9.17, 15) is 0 Å². The maximum Gasteiger partial charge on any atom is 0.123 e. The number of hydrogen-bond donors (Lipinski definition) is 1. The zero-order valence-corrected chi connectivity index (χ0v) is 14.7. The van der Waals surface area contributed by atoms with Gasteiger partial charge in [-0.2, -0.15) is 0 Å². The maximum absolute atomic E-state index is 5.80. The summed E-state index contributed by atoms with van der Waals surface area (Å²) >= 11 is 3.52. The Balaban J connectivity index is 1.93. The van der Waals surface area contributed by atoms with Gasteiger partial charge in [0.1, 0.15) is 11.5 Å². The highest BCUT2D eigenvalue weighted by molar-refractivity contribution is 9.10. The summed E-state index contributed by atoms with van der Waals surface area (Å²) in [7, 11) is 1.68. The van der Waals surface area contributed by atoms with Crippen LogP contribution in [0, 0.1) is 0 Å². The van der Waals surface area contributed by atoms with Gasteiger partial charge in [-0.3, -0.25) is 0 Å². The molecule has 4 heteroatoms. The van der Waals surface area contributed by atoms with Gasteiger partial charge in [0.05, 0.1) is 13.7 Å². The van der Waals surface area contributed by atoms with Crippen molar-refractivity contribution in [2.45, 2.75) is 26.4 Å². The smallest absolute Gasteiger partial charge is 0.123 e. The molecule has 1 N–H and O–H groups in total. The first kappa shape index (κ1) is 16.8. The van der Waals surface area contributed by atoms with Gasteiger partial charge in [0.25, 0.3) is 0 Å². The molecule has 2 aromatic rings. The van der Waals surface area contributed by atoms with Crippen molar-refractivity contribution in [2.75, 3.05) is 13.7 Å². The Kier molecular flexibility index (Phi) is 6.74. The second-order valence-corrected chi connectivity index (χ2v) is 5.97. The molecule has 3 nitrogen and oxygen atoms in total. The van der Waals surface area contributed by atoms with Crippen LogP contribution in [0.4, 0.5) is 0 Å². The Labute approximate surface area is 140 Å². The van der Waals surface area contributed by atoms with Crippen molar-refractivity contribution in [1.82, 2.24) is 5.32 Å². The molecule has 0 heterocycles. The highest BCUT2D eigenvalue weighted by Gasteiger charge is 2.04. The highest BCUT2D eigenvalue weighted by Crippen LogP contribution is 2.23. The molecule has 0 bridgehead atoms. The van der Waals surface area contributed by atoms with Crippen molar-refractivity contribution in [3.8, 4) is 11.5 Å². The molecule has 0 spiro atoms. The minimum Gasteiger partial charge on any atom is -0.497 e. The van der Waals surface area contributed by atoms with Crippen LogP contribution in [-0.4, -0.2) is 13.7 Å². The predicted octanol–water partition coefficient (Wildman–Crippen LogP) is 4.54. The lowest BCUT2D eigenvalue weighted by molar-refractivity contribution is 0.313. The van der Waals surface area contributed by atoms with Crippen LogP contribution < -0.4 is 14.8 Å². The molecule has 0 saturated carbocycles. The zero-order valence-electron chi connectivity index (χ0n) is 13.1. The van der Waals surface area contributed by atoms with Gasteiger partial charge in [0.2, 0.25) is 0 Å². The van der Waals surface area contributed by atoms with Crippen molar-refractivity contribution in [1.29, 1.82) is 0 Å². The fourth-order valence-electron chi connectivity index (χ4n) is 2.12. The molecule has 0 atom stereocenters. The summed E-state index contributed by atoms with van der Waals surface area (Å²) in [6.45, 7) is 4.43. The molecule has 0 radical (unpaired) electrons. The third kappa shape index (κ3) is 5.04. The average molecular weight is 364 g/mol. The van der Waals surface area contributed by atoms with Gasteiger partial charge < -0.3 is 14.8 Å². The third-order valence-corrected chi connectivity index (χ3v) is 3.78. The van der Waals surface area contributed by atoms with E-state index in [1.807, 2.05) is 24.3 Å². The van der Waals surface area contributed by atoms with Crippen molar-refractivity contribution >= 4 is 15.9 Å². The first-order valence-corrected chi connectivity index (χ1v) is 8.27. The van der Waals surface area contributed by atoms with E-state index in [-0.39, 0.29) is 0 Å². The molecular weight excluding hydrogens is 342 g/mol. The van der Waals surface area contributed by atoms with Crippen LogP contribution in [0.15, 0.2) is 46.9 Å². The van der Waals surface area contributed by atoms with Gasteiger partial charge in [-0.15, -0.1) is 0 Å². The molecular formula is C18H22BrNO2. The minimum absolute atomic E-state index is 0.743. The first-order chi connectivity index (χ1) is 10.7. The Bertz CT molecular complexity index is 584. The Morgan fingerprint density at radius 3 is 2.50 bits per heavy atom. The predicted molar refractivity (Wildman–Crippen MR) is 93.5 cm³/mol. The molecule has 0 saturated heterocycles. The topological polar surface area (TPSA) is 30.5 Å². The van der Waals surface area contributed by atoms with Crippen LogP contribution in [-0.2, 0) is 13.1 Å². The van der Waals surface area contributed by atoms with Gasteiger partial charge in [-0.25, -0.2) is 0 Å².